The van der Waals surface area contributed by atoms with Gasteiger partial charge in [0.1, 0.15) is 6.29 Å². The van der Waals surface area contributed by atoms with Gasteiger partial charge >= 0.3 is 0 Å². The molecule has 1 aromatic heterocycles. The molecule has 0 bridgehead atoms. The quantitative estimate of drug-likeness (QED) is 0.469. The van der Waals surface area contributed by atoms with E-state index in [9.17, 15) is 4.79 Å². The van der Waals surface area contributed by atoms with Gasteiger partial charge in [-0.1, -0.05) is 0 Å². The van der Waals surface area contributed by atoms with Gasteiger partial charge in [0.15, 0.2) is 0 Å². The summed E-state index contributed by atoms with van der Waals surface area (Å²) in [6.07, 6.45) is 5.57. The highest BCUT2D eigenvalue weighted by Gasteiger charge is 1.86. The average Bonchev–Trinajstić information content (AvgIpc) is 2.01. The first-order valence-corrected chi connectivity index (χ1v) is 3.37. The van der Waals surface area contributed by atoms with E-state index in [-0.39, 0.29) is 0 Å². The molecule has 0 unspecified atom stereocenters. The van der Waals surface area contributed by atoms with Gasteiger partial charge in [0, 0.05) is 6.20 Å². The summed E-state index contributed by atoms with van der Waals surface area (Å²) in [5.74, 6) is 0. The van der Waals surface area contributed by atoms with E-state index in [1.165, 1.54) is 6.08 Å². The van der Waals surface area contributed by atoms with Gasteiger partial charge in [0.25, 0.3) is 0 Å². The first kappa shape index (κ1) is 7.66. The minimum Gasteiger partial charge on any atom is -0.299 e. The van der Waals surface area contributed by atoms with Crippen molar-refractivity contribution in [3.05, 3.63) is 35.7 Å². The van der Waals surface area contributed by atoms with Gasteiger partial charge in [0.05, 0.1) is 5.69 Å². The highest BCUT2D eigenvalue weighted by atomic mass is 16.1. The molecule has 0 aromatic carbocycles. The highest BCUT2D eigenvalue weighted by molar-refractivity contribution is 5.72. The molecular formula is C9H9NO. The summed E-state index contributed by atoms with van der Waals surface area (Å²) in [7, 11) is 0. The molecule has 2 heteroatoms. The molecule has 2 nitrogen and oxygen atoms in total. The second-order valence-electron chi connectivity index (χ2n) is 2.25. The topological polar surface area (TPSA) is 30.0 Å². The van der Waals surface area contributed by atoms with Crippen LogP contribution in [-0.2, 0) is 4.79 Å². The van der Waals surface area contributed by atoms with Crippen LogP contribution in [0.2, 0.25) is 0 Å². The molecule has 0 saturated carbocycles. The fourth-order valence-corrected chi connectivity index (χ4v) is 0.789. The fourth-order valence-electron chi connectivity index (χ4n) is 0.789. The number of carbonyl (C=O) groups is 1. The van der Waals surface area contributed by atoms with Crippen LogP contribution in [0.4, 0.5) is 0 Å². The third-order valence-electron chi connectivity index (χ3n) is 1.28. The van der Waals surface area contributed by atoms with Crippen molar-refractivity contribution in [3.8, 4) is 0 Å². The number of carbonyl (C=O) groups excluding carboxylic acids is 1. The third kappa shape index (κ3) is 2.34. The first-order chi connectivity index (χ1) is 5.33. The van der Waals surface area contributed by atoms with Crippen molar-refractivity contribution in [2.45, 2.75) is 6.92 Å². The van der Waals surface area contributed by atoms with Crippen LogP contribution >= 0.6 is 0 Å². The second-order valence-corrected chi connectivity index (χ2v) is 2.25. The van der Waals surface area contributed by atoms with Crippen LogP contribution in [0.25, 0.3) is 6.08 Å². The Hall–Kier alpha value is -1.44. The Morgan fingerprint density at radius 1 is 1.55 bits per heavy atom. The van der Waals surface area contributed by atoms with Gasteiger partial charge in [-0.05, 0) is 36.8 Å². The molecule has 1 rings (SSSR count). The van der Waals surface area contributed by atoms with Crippen molar-refractivity contribution < 1.29 is 4.79 Å². The standard InChI is InChI=1S/C9H9NO/c1-8-4-5-10-9(7-8)3-2-6-11/h2-7H,1H3. The molecule has 0 aliphatic carbocycles. The molecule has 1 aromatic rings. The second kappa shape index (κ2) is 3.66. The van der Waals surface area contributed by atoms with Crippen molar-refractivity contribution in [3.63, 3.8) is 0 Å². The normalized spacial score (nSPS) is 10.3. The minimum atomic E-state index is 0.740. The monoisotopic (exact) mass is 147 g/mol. The zero-order valence-electron chi connectivity index (χ0n) is 6.32. The third-order valence-corrected chi connectivity index (χ3v) is 1.28. The SMILES string of the molecule is Cc1ccnc(C=CC=O)c1. The summed E-state index contributed by atoms with van der Waals surface area (Å²) in [6, 6.07) is 3.83. The van der Waals surface area contributed by atoms with Gasteiger partial charge in [-0.2, -0.15) is 0 Å². The Morgan fingerprint density at radius 2 is 2.36 bits per heavy atom. The minimum absolute atomic E-state index is 0.740. The van der Waals surface area contributed by atoms with Gasteiger partial charge in [0.2, 0.25) is 0 Å². The van der Waals surface area contributed by atoms with Crippen LogP contribution < -0.4 is 0 Å². The van der Waals surface area contributed by atoms with Crippen molar-refractivity contribution >= 4 is 12.4 Å². The maximum Gasteiger partial charge on any atom is 0.142 e. The zero-order valence-corrected chi connectivity index (χ0v) is 6.32. The largest absolute Gasteiger partial charge is 0.299 e. The lowest BCUT2D eigenvalue weighted by Crippen LogP contribution is -1.80. The number of hydrogen-bond acceptors (Lipinski definition) is 2. The van der Waals surface area contributed by atoms with E-state index in [0.717, 1.165) is 17.5 Å². The van der Waals surface area contributed by atoms with Crippen LogP contribution in [0.1, 0.15) is 11.3 Å². The van der Waals surface area contributed by atoms with E-state index in [0.29, 0.717) is 0 Å². The fraction of sp³-hybridized carbons (Fsp3) is 0.111. The summed E-state index contributed by atoms with van der Waals surface area (Å²) in [6.45, 7) is 1.99. The van der Waals surface area contributed by atoms with E-state index < -0.39 is 0 Å². The maximum atomic E-state index is 9.95. The van der Waals surface area contributed by atoms with Crippen molar-refractivity contribution in [2.24, 2.45) is 0 Å². The number of aromatic nitrogens is 1. The molecule has 0 saturated heterocycles. The van der Waals surface area contributed by atoms with Gasteiger partial charge < -0.3 is 0 Å². The summed E-state index contributed by atoms with van der Waals surface area (Å²) < 4.78 is 0. The Kier molecular flexibility index (Phi) is 2.55. The van der Waals surface area contributed by atoms with Crippen molar-refractivity contribution in [1.29, 1.82) is 0 Å². The summed E-state index contributed by atoms with van der Waals surface area (Å²) >= 11 is 0. The molecule has 0 radical (unpaired) electrons. The van der Waals surface area contributed by atoms with E-state index >= 15 is 0 Å². The highest BCUT2D eigenvalue weighted by Crippen LogP contribution is 2.00. The number of hydrogen-bond donors (Lipinski definition) is 0. The van der Waals surface area contributed by atoms with Gasteiger partial charge in [-0.25, -0.2) is 0 Å². The molecule has 0 fully saturated rings. The molecule has 0 amide bonds. The van der Waals surface area contributed by atoms with Crippen LogP contribution in [0.3, 0.4) is 0 Å². The molecule has 0 N–H and O–H groups in total. The molecule has 56 valence electrons. The molecule has 1 heterocycles. The van der Waals surface area contributed by atoms with E-state index in [4.69, 9.17) is 0 Å². The predicted molar refractivity (Wildman–Crippen MR) is 44.1 cm³/mol. The number of aldehydes is 1. The summed E-state index contributed by atoms with van der Waals surface area (Å²) in [4.78, 5) is 14.0. The molecule has 11 heavy (non-hydrogen) atoms. The van der Waals surface area contributed by atoms with Crippen LogP contribution in [0.15, 0.2) is 24.4 Å². The number of nitrogens with zero attached hydrogens (tertiary/aromatic N) is 1. The zero-order chi connectivity index (χ0) is 8.10. The molecule has 0 spiro atoms. The average molecular weight is 147 g/mol. The van der Waals surface area contributed by atoms with Crippen molar-refractivity contribution in [1.82, 2.24) is 4.98 Å². The number of rotatable bonds is 2. The maximum absolute atomic E-state index is 9.95. The molecule has 0 aliphatic heterocycles. The first-order valence-electron chi connectivity index (χ1n) is 3.37. The molecular weight excluding hydrogens is 138 g/mol. The molecule has 0 aliphatic rings. The molecule has 0 atom stereocenters. The van der Waals surface area contributed by atoms with E-state index in [1.807, 2.05) is 19.1 Å². The summed E-state index contributed by atoms with van der Waals surface area (Å²) in [5, 5.41) is 0. The van der Waals surface area contributed by atoms with Gasteiger partial charge in [-0.15, -0.1) is 0 Å². The summed E-state index contributed by atoms with van der Waals surface area (Å²) in [5.41, 5.74) is 1.96. The predicted octanol–water partition coefficient (Wildman–Crippen LogP) is 1.60. The van der Waals surface area contributed by atoms with Gasteiger partial charge in [-0.3, -0.25) is 9.78 Å². The van der Waals surface area contributed by atoms with Crippen LogP contribution in [0, 0.1) is 6.92 Å². The van der Waals surface area contributed by atoms with Crippen molar-refractivity contribution in [2.75, 3.05) is 0 Å². The Bertz CT molecular complexity index is 279. The smallest absolute Gasteiger partial charge is 0.142 e. The lowest BCUT2D eigenvalue weighted by Gasteiger charge is -1.92. The Labute approximate surface area is 65.6 Å². The van der Waals surface area contributed by atoms with E-state index in [1.54, 1.807) is 12.3 Å². The Balaban J connectivity index is 2.87. The van der Waals surface area contributed by atoms with Crippen LogP contribution in [0.5, 0.6) is 0 Å². The lowest BCUT2D eigenvalue weighted by molar-refractivity contribution is -0.104. The number of allylic oxidation sites excluding steroid dienone is 1. The number of pyridine rings is 1. The lowest BCUT2D eigenvalue weighted by atomic mass is 10.2. The van der Waals surface area contributed by atoms with Crippen LogP contribution in [-0.4, -0.2) is 11.3 Å². The number of aryl methyl sites for hydroxylation is 1. The van der Waals surface area contributed by atoms with E-state index in [2.05, 4.69) is 4.98 Å². The Morgan fingerprint density at radius 3 is 3.00 bits per heavy atom.